The first-order chi connectivity index (χ1) is 9.02. The third-order valence-corrected chi connectivity index (χ3v) is 5.84. The summed E-state index contributed by atoms with van der Waals surface area (Å²) in [4.78, 5) is 0. The molecule has 0 radical (unpaired) electrons. The van der Waals surface area contributed by atoms with Gasteiger partial charge in [0.15, 0.2) is 0 Å². The van der Waals surface area contributed by atoms with Crippen molar-refractivity contribution in [1.82, 2.24) is 5.32 Å². The lowest BCUT2D eigenvalue weighted by Gasteiger charge is -2.53. The van der Waals surface area contributed by atoms with Gasteiger partial charge in [-0.2, -0.15) is 0 Å². The standard InChI is InChI=1S/C18H27N/c1-17(2,3)18-12-8-7-11-15(18)13-9-5-6-10-14(13)16(18)19-4/h5-6,9-10,15-16,19H,7-8,11-12H2,1-4H3. The van der Waals surface area contributed by atoms with E-state index in [-0.39, 0.29) is 0 Å². The summed E-state index contributed by atoms with van der Waals surface area (Å²) in [5, 5.41) is 3.67. The average molecular weight is 257 g/mol. The van der Waals surface area contributed by atoms with E-state index in [9.17, 15) is 0 Å². The minimum Gasteiger partial charge on any atom is -0.312 e. The fourth-order valence-electron chi connectivity index (χ4n) is 5.09. The number of hydrogen-bond donors (Lipinski definition) is 1. The molecule has 1 nitrogen and oxygen atoms in total. The summed E-state index contributed by atoms with van der Waals surface area (Å²) in [5.41, 5.74) is 3.91. The van der Waals surface area contributed by atoms with Crippen LogP contribution in [0.3, 0.4) is 0 Å². The van der Waals surface area contributed by atoms with Gasteiger partial charge in [0.05, 0.1) is 0 Å². The maximum Gasteiger partial charge on any atom is 0.0388 e. The highest BCUT2D eigenvalue weighted by atomic mass is 14.9. The predicted octanol–water partition coefficient (Wildman–Crippen LogP) is 4.65. The largest absolute Gasteiger partial charge is 0.312 e. The van der Waals surface area contributed by atoms with Crippen molar-refractivity contribution in [2.24, 2.45) is 10.8 Å². The van der Waals surface area contributed by atoms with Crippen LogP contribution in [-0.2, 0) is 0 Å². The summed E-state index contributed by atoms with van der Waals surface area (Å²) in [6.07, 6.45) is 5.51. The molecular formula is C18H27N. The summed E-state index contributed by atoms with van der Waals surface area (Å²) in [6.45, 7) is 7.34. The highest BCUT2D eigenvalue weighted by Crippen LogP contribution is 2.67. The van der Waals surface area contributed by atoms with Crippen molar-refractivity contribution in [3.63, 3.8) is 0 Å². The lowest BCUT2D eigenvalue weighted by Crippen LogP contribution is -2.47. The Morgan fingerprint density at radius 1 is 1.11 bits per heavy atom. The van der Waals surface area contributed by atoms with Crippen molar-refractivity contribution in [2.45, 2.75) is 58.4 Å². The van der Waals surface area contributed by atoms with Crippen molar-refractivity contribution in [3.8, 4) is 0 Å². The first-order valence-corrected chi connectivity index (χ1v) is 7.78. The van der Waals surface area contributed by atoms with E-state index in [1.165, 1.54) is 25.7 Å². The molecule has 0 aliphatic heterocycles. The molecule has 0 amide bonds. The van der Waals surface area contributed by atoms with Crippen molar-refractivity contribution < 1.29 is 0 Å². The van der Waals surface area contributed by atoms with Gasteiger partial charge in [-0.1, -0.05) is 57.9 Å². The van der Waals surface area contributed by atoms with Crippen LogP contribution in [0.25, 0.3) is 0 Å². The number of nitrogens with one attached hydrogen (secondary N) is 1. The van der Waals surface area contributed by atoms with E-state index in [2.05, 4.69) is 57.4 Å². The Morgan fingerprint density at radius 2 is 1.79 bits per heavy atom. The van der Waals surface area contributed by atoms with Crippen LogP contribution < -0.4 is 5.32 Å². The van der Waals surface area contributed by atoms with Crippen LogP contribution in [0.1, 0.15) is 69.5 Å². The second-order valence-electron chi connectivity index (χ2n) is 7.44. The number of hydrogen-bond acceptors (Lipinski definition) is 1. The van der Waals surface area contributed by atoms with E-state index in [0.29, 0.717) is 16.9 Å². The minimum atomic E-state index is 0.338. The van der Waals surface area contributed by atoms with Crippen LogP contribution in [0, 0.1) is 10.8 Å². The van der Waals surface area contributed by atoms with Gasteiger partial charge in [-0.05, 0) is 42.3 Å². The molecular weight excluding hydrogens is 230 g/mol. The highest BCUT2D eigenvalue weighted by molar-refractivity contribution is 5.43. The molecule has 1 heteroatoms. The van der Waals surface area contributed by atoms with Crippen LogP contribution in [0.4, 0.5) is 0 Å². The maximum atomic E-state index is 3.67. The van der Waals surface area contributed by atoms with Gasteiger partial charge >= 0.3 is 0 Å². The summed E-state index contributed by atoms with van der Waals surface area (Å²) < 4.78 is 0. The van der Waals surface area contributed by atoms with Crippen molar-refractivity contribution in [2.75, 3.05) is 7.05 Å². The third-order valence-electron chi connectivity index (χ3n) is 5.84. The van der Waals surface area contributed by atoms with Gasteiger partial charge in [0.2, 0.25) is 0 Å². The fourth-order valence-corrected chi connectivity index (χ4v) is 5.09. The molecule has 1 N–H and O–H groups in total. The van der Waals surface area contributed by atoms with Crippen LogP contribution in [0.5, 0.6) is 0 Å². The smallest absolute Gasteiger partial charge is 0.0388 e. The first-order valence-electron chi connectivity index (χ1n) is 7.78. The molecule has 0 bridgehead atoms. The van der Waals surface area contributed by atoms with Gasteiger partial charge in [0, 0.05) is 11.5 Å². The van der Waals surface area contributed by atoms with Gasteiger partial charge < -0.3 is 5.32 Å². The quantitative estimate of drug-likeness (QED) is 0.772. The summed E-state index contributed by atoms with van der Waals surface area (Å²) in [5.74, 6) is 0.745. The van der Waals surface area contributed by atoms with Crippen molar-refractivity contribution in [1.29, 1.82) is 0 Å². The van der Waals surface area contributed by atoms with Gasteiger partial charge in [-0.3, -0.25) is 0 Å². The molecule has 3 atom stereocenters. The number of rotatable bonds is 1. The second kappa shape index (κ2) is 4.34. The van der Waals surface area contributed by atoms with Crippen LogP contribution in [0.15, 0.2) is 24.3 Å². The summed E-state index contributed by atoms with van der Waals surface area (Å²) in [6, 6.07) is 9.68. The molecule has 1 aromatic carbocycles. The predicted molar refractivity (Wildman–Crippen MR) is 81.3 cm³/mol. The fraction of sp³-hybridized carbons (Fsp3) is 0.667. The molecule has 0 aromatic heterocycles. The SMILES string of the molecule is CNC1c2ccccc2C2CCCCC21C(C)(C)C. The molecule has 19 heavy (non-hydrogen) atoms. The Kier molecular flexibility index (Phi) is 3.01. The Balaban J connectivity index is 2.20. The highest BCUT2D eigenvalue weighted by Gasteiger charge is 2.58. The van der Waals surface area contributed by atoms with E-state index >= 15 is 0 Å². The second-order valence-corrected chi connectivity index (χ2v) is 7.44. The molecule has 0 heterocycles. The summed E-state index contributed by atoms with van der Waals surface area (Å²) in [7, 11) is 2.14. The lowest BCUT2D eigenvalue weighted by atomic mass is 9.53. The van der Waals surface area contributed by atoms with Crippen molar-refractivity contribution in [3.05, 3.63) is 35.4 Å². The van der Waals surface area contributed by atoms with Crippen LogP contribution in [0.2, 0.25) is 0 Å². The van der Waals surface area contributed by atoms with Gasteiger partial charge in [0.25, 0.3) is 0 Å². The summed E-state index contributed by atoms with van der Waals surface area (Å²) >= 11 is 0. The van der Waals surface area contributed by atoms with E-state index < -0.39 is 0 Å². The van der Waals surface area contributed by atoms with E-state index in [4.69, 9.17) is 0 Å². The monoisotopic (exact) mass is 257 g/mol. The Bertz CT molecular complexity index is 444. The van der Waals surface area contributed by atoms with Crippen LogP contribution >= 0.6 is 0 Å². The normalized spacial score (nSPS) is 33.9. The molecule has 104 valence electrons. The number of fused-ring (bicyclic) bond motifs is 3. The molecule has 1 aromatic rings. The van der Waals surface area contributed by atoms with Crippen LogP contribution in [-0.4, -0.2) is 7.05 Å². The average Bonchev–Trinajstić information content (AvgIpc) is 2.69. The van der Waals surface area contributed by atoms with E-state index in [0.717, 1.165) is 5.92 Å². The van der Waals surface area contributed by atoms with Gasteiger partial charge in [0.1, 0.15) is 0 Å². The molecule has 0 saturated heterocycles. The van der Waals surface area contributed by atoms with E-state index in [1.807, 2.05) is 0 Å². The molecule has 1 fully saturated rings. The Labute approximate surface area is 117 Å². The molecule has 3 unspecified atom stereocenters. The first kappa shape index (κ1) is 13.2. The van der Waals surface area contributed by atoms with Gasteiger partial charge in [-0.15, -0.1) is 0 Å². The molecule has 3 rings (SSSR count). The molecule has 2 aliphatic carbocycles. The minimum absolute atomic E-state index is 0.338. The Hall–Kier alpha value is -0.820. The van der Waals surface area contributed by atoms with E-state index in [1.54, 1.807) is 11.1 Å². The third kappa shape index (κ3) is 1.64. The zero-order valence-electron chi connectivity index (χ0n) is 12.8. The molecule has 2 aliphatic rings. The maximum absolute atomic E-state index is 3.67. The zero-order chi connectivity index (χ0) is 13.7. The lowest BCUT2D eigenvalue weighted by molar-refractivity contribution is -0.00740. The molecule has 0 spiro atoms. The topological polar surface area (TPSA) is 12.0 Å². The number of benzene rings is 1. The Morgan fingerprint density at radius 3 is 2.42 bits per heavy atom. The molecule has 1 saturated carbocycles. The van der Waals surface area contributed by atoms with Gasteiger partial charge in [-0.25, -0.2) is 0 Å². The van der Waals surface area contributed by atoms with Crippen molar-refractivity contribution >= 4 is 0 Å². The zero-order valence-corrected chi connectivity index (χ0v) is 12.8.